The molecule has 1 N–H and O–H groups in total. The molecule has 4 heteroatoms. The van der Waals surface area contributed by atoms with Crippen LogP contribution in [-0.2, 0) is 14.2 Å². The maximum Gasteiger partial charge on any atom is 0.184 e. The summed E-state index contributed by atoms with van der Waals surface area (Å²) in [4.78, 5) is 0. The average molecular weight is 174 g/mol. The van der Waals surface area contributed by atoms with Gasteiger partial charge in [-0.1, -0.05) is 0 Å². The Bertz CT molecular complexity index is 144. The lowest BCUT2D eigenvalue weighted by atomic mass is 10.2. The second-order valence-corrected chi connectivity index (χ2v) is 3.19. The fourth-order valence-electron chi connectivity index (χ4n) is 1.58. The zero-order chi connectivity index (χ0) is 8.39. The molecule has 0 amide bonds. The van der Waals surface area contributed by atoms with Gasteiger partial charge in [-0.15, -0.1) is 0 Å². The Morgan fingerprint density at radius 1 is 1.33 bits per heavy atom. The predicted molar refractivity (Wildman–Crippen MR) is 40.7 cm³/mol. The standard InChI is InChI=1S/C8H14O4/c9-4-6-5-11-8(12-6)7-2-1-3-10-7/h6-9H,1-5H2. The third-order valence-corrected chi connectivity index (χ3v) is 2.25. The molecule has 12 heavy (non-hydrogen) atoms. The van der Waals surface area contributed by atoms with Crippen molar-refractivity contribution in [1.82, 2.24) is 0 Å². The maximum absolute atomic E-state index is 8.78. The van der Waals surface area contributed by atoms with Gasteiger partial charge in [-0.2, -0.15) is 0 Å². The molecule has 4 nitrogen and oxygen atoms in total. The normalized spacial score (nSPS) is 42.2. The molecule has 0 spiro atoms. The van der Waals surface area contributed by atoms with E-state index in [0.717, 1.165) is 19.4 Å². The van der Waals surface area contributed by atoms with Crippen molar-refractivity contribution >= 4 is 0 Å². The van der Waals surface area contributed by atoms with Crippen LogP contribution in [0.3, 0.4) is 0 Å². The van der Waals surface area contributed by atoms with Crippen LogP contribution in [-0.4, -0.2) is 43.4 Å². The molecule has 0 bridgehead atoms. The van der Waals surface area contributed by atoms with Crippen LogP contribution in [0, 0.1) is 0 Å². The van der Waals surface area contributed by atoms with Gasteiger partial charge in [-0.05, 0) is 12.8 Å². The monoisotopic (exact) mass is 174 g/mol. The van der Waals surface area contributed by atoms with Crippen molar-refractivity contribution in [2.24, 2.45) is 0 Å². The molecule has 2 aliphatic rings. The Labute approximate surface area is 71.4 Å². The molecular formula is C8H14O4. The zero-order valence-corrected chi connectivity index (χ0v) is 6.94. The van der Waals surface area contributed by atoms with E-state index in [1.807, 2.05) is 0 Å². The van der Waals surface area contributed by atoms with E-state index in [2.05, 4.69) is 0 Å². The van der Waals surface area contributed by atoms with E-state index >= 15 is 0 Å². The number of aliphatic hydroxyl groups excluding tert-OH is 1. The summed E-state index contributed by atoms with van der Waals surface area (Å²) in [6.07, 6.45) is 1.77. The molecule has 2 rings (SSSR count). The second kappa shape index (κ2) is 3.70. The van der Waals surface area contributed by atoms with Crippen LogP contribution in [0.15, 0.2) is 0 Å². The van der Waals surface area contributed by atoms with E-state index < -0.39 is 0 Å². The molecule has 2 heterocycles. The average Bonchev–Trinajstić information content (AvgIpc) is 2.75. The first-order chi connectivity index (χ1) is 5.90. The Morgan fingerprint density at radius 2 is 2.25 bits per heavy atom. The van der Waals surface area contributed by atoms with Crippen molar-refractivity contribution in [2.75, 3.05) is 19.8 Å². The molecule has 0 saturated carbocycles. The number of rotatable bonds is 2. The van der Waals surface area contributed by atoms with E-state index in [4.69, 9.17) is 19.3 Å². The fourth-order valence-corrected chi connectivity index (χ4v) is 1.58. The summed E-state index contributed by atoms with van der Waals surface area (Å²) in [5.41, 5.74) is 0. The molecule has 3 atom stereocenters. The van der Waals surface area contributed by atoms with Gasteiger partial charge in [0.15, 0.2) is 6.29 Å². The van der Waals surface area contributed by atoms with Crippen molar-refractivity contribution in [2.45, 2.75) is 31.3 Å². The number of hydrogen-bond donors (Lipinski definition) is 1. The highest BCUT2D eigenvalue weighted by atomic mass is 16.7. The van der Waals surface area contributed by atoms with Crippen molar-refractivity contribution in [1.29, 1.82) is 0 Å². The topological polar surface area (TPSA) is 47.9 Å². The Kier molecular flexibility index (Phi) is 2.60. The van der Waals surface area contributed by atoms with Crippen LogP contribution in [0.25, 0.3) is 0 Å². The van der Waals surface area contributed by atoms with Crippen molar-refractivity contribution in [3.8, 4) is 0 Å². The molecule has 70 valence electrons. The van der Waals surface area contributed by atoms with Gasteiger partial charge in [-0.3, -0.25) is 0 Å². The smallest absolute Gasteiger partial charge is 0.184 e. The summed E-state index contributed by atoms with van der Waals surface area (Å²) in [6.45, 7) is 1.32. The van der Waals surface area contributed by atoms with Crippen LogP contribution in [0.5, 0.6) is 0 Å². The summed E-state index contributed by atoms with van der Waals surface area (Å²) in [5, 5.41) is 8.78. The Balaban J connectivity index is 1.81. The third kappa shape index (κ3) is 1.61. The van der Waals surface area contributed by atoms with Crippen molar-refractivity contribution in [3.63, 3.8) is 0 Å². The largest absolute Gasteiger partial charge is 0.394 e. The number of hydrogen-bond acceptors (Lipinski definition) is 4. The lowest BCUT2D eigenvalue weighted by Crippen LogP contribution is -2.27. The quantitative estimate of drug-likeness (QED) is 0.635. The van der Waals surface area contributed by atoms with E-state index in [1.54, 1.807) is 0 Å². The minimum absolute atomic E-state index is 0.0310. The molecule has 2 fully saturated rings. The third-order valence-electron chi connectivity index (χ3n) is 2.25. The SMILES string of the molecule is OCC1COC(C2CCCO2)O1. The van der Waals surface area contributed by atoms with E-state index in [0.29, 0.717) is 6.61 Å². The highest BCUT2D eigenvalue weighted by Gasteiger charge is 2.34. The van der Waals surface area contributed by atoms with Crippen molar-refractivity contribution in [3.05, 3.63) is 0 Å². The Morgan fingerprint density at radius 3 is 2.83 bits per heavy atom. The molecule has 3 unspecified atom stereocenters. The van der Waals surface area contributed by atoms with Gasteiger partial charge in [0, 0.05) is 6.61 Å². The van der Waals surface area contributed by atoms with Crippen LogP contribution in [0.2, 0.25) is 0 Å². The summed E-state index contributed by atoms with van der Waals surface area (Å²) >= 11 is 0. The van der Waals surface area contributed by atoms with Crippen LogP contribution in [0.1, 0.15) is 12.8 Å². The maximum atomic E-state index is 8.78. The van der Waals surface area contributed by atoms with Gasteiger partial charge < -0.3 is 19.3 Å². The predicted octanol–water partition coefficient (Wildman–Crippen LogP) is -0.101. The molecule has 2 saturated heterocycles. The minimum atomic E-state index is -0.246. The lowest BCUT2D eigenvalue weighted by Gasteiger charge is -2.16. The zero-order valence-electron chi connectivity index (χ0n) is 6.94. The summed E-state index contributed by atoms with van der Waals surface area (Å²) in [6, 6.07) is 0. The van der Waals surface area contributed by atoms with Gasteiger partial charge in [0.05, 0.1) is 13.2 Å². The first-order valence-electron chi connectivity index (χ1n) is 4.39. The lowest BCUT2D eigenvalue weighted by molar-refractivity contribution is -0.138. The fraction of sp³-hybridized carbons (Fsp3) is 1.00. The Hall–Kier alpha value is -0.160. The second-order valence-electron chi connectivity index (χ2n) is 3.19. The van der Waals surface area contributed by atoms with Gasteiger partial charge in [-0.25, -0.2) is 0 Å². The van der Waals surface area contributed by atoms with Gasteiger partial charge in [0.2, 0.25) is 0 Å². The summed E-state index contributed by atoms with van der Waals surface area (Å²) in [5.74, 6) is 0. The molecular weight excluding hydrogens is 160 g/mol. The minimum Gasteiger partial charge on any atom is -0.394 e. The molecule has 0 aliphatic carbocycles. The van der Waals surface area contributed by atoms with Crippen LogP contribution < -0.4 is 0 Å². The molecule has 0 aromatic rings. The first kappa shape index (κ1) is 8.44. The highest BCUT2D eigenvalue weighted by Crippen LogP contribution is 2.23. The summed E-state index contributed by atoms with van der Waals surface area (Å²) in [7, 11) is 0. The molecule has 0 radical (unpaired) electrons. The van der Waals surface area contributed by atoms with Gasteiger partial charge >= 0.3 is 0 Å². The highest BCUT2D eigenvalue weighted by molar-refractivity contribution is 4.74. The number of aliphatic hydroxyl groups is 1. The van der Waals surface area contributed by atoms with Crippen LogP contribution >= 0.6 is 0 Å². The first-order valence-corrected chi connectivity index (χ1v) is 4.39. The van der Waals surface area contributed by atoms with Gasteiger partial charge in [0.25, 0.3) is 0 Å². The van der Waals surface area contributed by atoms with E-state index in [-0.39, 0.29) is 25.1 Å². The number of ether oxygens (including phenoxy) is 3. The van der Waals surface area contributed by atoms with Crippen LogP contribution in [0.4, 0.5) is 0 Å². The van der Waals surface area contributed by atoms with Crippen molar-refractivity contribution < 1.29 is 19.3 Å². The molecule has 0 aromatic carbocycles. The molecule has 0 aromatic heterocycles. The summed E-state index contributed by atoms with van der Waals surface area (Å²) < 4.78 is 16.1. The molecule has 2 aliphatic heterocycles. The van der Waals surface area contributed by atoms with E-state index in [9.17, 15) is 0 Å². The van der Waals surface area contributed by atoms with E-state index in [1.165, 1.54) is 0 Å². The van der Waals surface area contributed by atoms with Gasteiger partial charge in [0.1, 0.15) is 12.2 Å².